The average molecular weight is 407 g/mol. The van der Waals surface area contributed by atoms with Crippen LogP contribution in [0.1, 0.15) is 39.8 Å². The van der Waals surface area contributed by atoms with Crippen molar-refractivity contribution >= 4 is 28.3 Å². The number of carbonyl (C=O) groups excluding carboxylic acids is 1. The van der Waals surface area contributed by atoms with Crippen molar-refractivity contribution in [2.24, 2.45) is 0 Å². The molecule has 4 heterocycles. The van der Waals surface area contributed by atoms with Gasteiger partial charge in [0.05, 0.1) is 28.4 Å². The Hall–Kier alpha value is -3.06. The summed E-state index contributed by atoms with van der Waals surface area (Å²) >= 11 is 1.66. The molecular weight excluding hydrogens is 389 g/mol. The zero-order chi connectivity index (χ0) is 20.0. The zero-order valence-corrected chi connectivity index (χ0v) is 16.6. The van der Waals surface area contributed by atoms with Gasteiger partial charge in [0.25, 0.3) is 11.6 Å². The number of rotatable bonds is 3. The molecule has 0 bridgehead atoms. The fourth-order valence-electron chi connectivity index (χ4n) is 4.01. The first-order valence-electron chi connectivity index (χ1n) is 9.50. The lowest BCUT2D eigenvalue weighted by molar-refractivity contribution is 0.0739. The van der Waals surface area contributed by atoms with E-state index >= 15 is 0 Å². The zero-order valence-electron chi connectivity index (χ0n) is 15.8. The number of likely N-dealkylation sites (tertiary alicyclic amines) is 1. The number of halogens is 1. The Morgan fingerprint density at radius 3 is 2.93 bits per heavy atom. The summed E-state index contributed by atoms with van der Waals surface area (Å²) in [5, 5.41) is 6.61. The van der Waals surface area contributed by atoms with Gasteiger partial charge in [-0.15, -0.1) is 11.3 Å². The summed E-state index contributed by atoms with van der Waals surface area (Å²) in [5.74, 6) is -0.496. The number of aryl methyl sites for hydroxylation is 1. The van der Waals surface area contributed by atoms with Crippen molar-refractivity contribution in [1.29, 1.82) is 0 Å². The number of pyridine rings is 1. The molecule has 29 heavy (non-hydrogen) atoms. The number of hydrogen-bond donors (Lipinski definition) is 0. The van der Waals surface area contributed by atoms with Crippen LogP contribution in [0.5, 0.6) is 0 Å². The molecule has 0 saturated carbocycles. The number of hydrogen-bond acceptors (Lipinski definition) is 5. The summed E-state index contributed by atoms with van der Waals surface area (Å²) in [6, 6.07) is 12.2. The van der Waals surface area contributed by atoms with Crippen LogP contribution in [0, 0.1) is 12.7 Å². The molecule has 5 rings (SSSR count). The van der Waals surface area contributed by atoms with Crippen molar-refractivity contribution in [3.8, 4) is 11.3 Å². The molecule has 0 radical (unpaired) electrons. The minimum atomic E-state index is -0.397. The van der Waals surface area contributed by atoms with Crippen molar-refractivity contribution in [2.45, 2.75) is 25.8 Å². The average Bonchev–Trinajstić information content (AvgIpc) is 3.48. The van der Waals surface area contributed by atoms with Crippen molar-refractivity contribution in [3.63, 3.8) is 0 Å². The number of thiophene rings is 1. The molecule has 0 N–H and O–H groups in total. The van der Waals surface area contributed by atoms with Gasteiger partial charge in [0, 0.05) is 17.0 Å². The lowest BCUT2D eigenvalue weighted by Crippen LogP contribution is -2.30. The van der Waals surface area contributed by atoms with Gasteiger partial charge in [0.1, 0.15) is 5.82 Å². The van der Waals surface area contributed by atoms with E-state index in [0.717, 1.165) is 12.8 Å². The van der Waals surface area contributed by atoms with Gasteiger partial charge in [-0.25, -0.2) is 9.37 Å². The fraction of sp³-hybridized carbons (Fsp3) is 0.227. The van der Waals surface area contributed by atoms with Crippen LogP contribution in [0.15, 0.2) is 52.4 Å². The van der Waals surface area contributed by atoms with E-state index in [1.165, 1.54) is 10.9 Å². The van der Waals surface area contributed by atoms with Gasteiger partial charge in [-0.3, -0.25) is 4.79 Å². The molecule has 0 aliphatic carbocycles. The van der Waals surface area contributed by atoms with Crippen LogP contribution >= 0.6 is 11.3 Å². The highest BCUT2D eigenvalue weighted by Crippen LogP contribution is 2.37. The highest BCUT2D eigenvalue weighted by atomic mass is 32.1. The number of fused-ring (bicyclic) bond motifs is 1. The minimum Gasteiger partial charge on any atom is -0.335 e. The number of benzene rings is 1. The quantitative estimate of drug-likeness (QED) is 0.458. The summed E-state index contributed by atoms with van der Waals surface area (Å²) in [5.41, 5.74) is 1.99. The lowest BCUT2D eigenvalue weighted by atomic mass is 10.0. The molecule has 1 aliphatic heterocycles. The van der Waals surface area contributed by atoms with Crippen LogP contribution < -0.4 is 0 Å². The molecule has 1 aliphatic rings. The monoisotopic (exact) mass is 407 g/mol. The number of aromatic nitrogens is 2. The van der Waals surface area contributed by atoms with Gasteiger partial charge < -0.3 is 9.42 Å². The molecular formula is C22H18FN3O2S. The second kappa shape index (κ2) is 7.08. The van der Waals surface area contributed by atoms with Gasteiger partial charge >= 0.3 is 0 Å². The molecule has 1 fully saturated rings. The second-order valence-electron chi connectivity index (χ2n) is 7.16. The Morgan fingerprint density at radius 1 is 1.28 bits per heavy atom. The maximum atomic E-state index is 14.4. The normalized spacial score (nSPS) is 16.6. The van der Waals surface area contributed by atoms with E-state index in [-0.39, 0.29) is 17.7 Å². The van der Waals surface area contributed by atoms with Gasteiger partial charge in [-0.1, -0.05) is 23.4 Å². The Kier molecular flexibility index (Phi) is 4.39. The molecule has 1 amide bonds. The minimum absolute atomic E-state index is 0.0581. The molecule has 7 heteroatoms. The highest BCUT2D eigenvalue weighted by Gasteiger charge is 2.33. The first-order valence-corrected chi connectivity index (χ1v) is 10.4. The van der Waals surface area contributed by atoms with Gasteiger partial charge in [0.2, 0.25) is 0 Å². The van der Waals surface area contributed by atoms with E-state index in [2.05, 4.69) is 16.2 Å². The third-order valence-corrected chi connectivity index (χ3v) is 6.36. The highest BCUT2D eigenvalue weighted by molar-refractivity contribution is 7.10. The molecule has 3 aromatic heterocycles. The third kappa shape index (κ3) is 3.02. The standard InChI is InChI=1S/C22H18FN3O2S/c1-13-20-15(22(27)26-10-4-8-18(26)19-9-5-11-29-19)12-17(24-21(20)28-25-13)14-6-2-3-7-16(14)23/h2-3,5-7,9,11-12,18H,4,8,10H2,1H3. The predicted octanol–water partition coefficient (Wildman–Crippen LogP) is 5.38. The molecule has 5 nitrogen and oxygen atoms in total. The van der Waals surface area contributed by atoms with E-state index in [9.17, 15) is 9.18 Å². The number of amides is 1. The summed E-state index contributed by atoms with van der Waals surface area (Å²) in [4.78, 5) is 21.1. The maximum Gasteiger partial charge on any atom is 0.259 e. The van der Waals surface area contributed by atoms with Gasteiger partial charge in [-0.05, 0) is 49.4 Å². The van der Waals surface area contributed by atoms with Crippen LogP contribution in [-0.4, -0.2) is 27.5 Å². The van der Waals surface area contributed by atoms with Crippen LogP contribution in [0.3, 0.4) is 0 Å². The Balaban J connectivity index is 1.64. The maximum absolute atomic E-state index is 14.4. The van der Waals surface area contributed by atoms with Crippen LogP contribution in [-0.2, 0) is 0 Å². The predicted molar refractivity (Wildman–Crippen MR) is 109 cm³/mol. The van der Waals surface area contributed by atoms with E-state index in [0.29, 0.717) is 34.4 Å². The van der Waals surface area contributed by atoms with E-state index in [1.54, 1.807) is 42.5 Å². The van der Waals surface area contributed by atoms with Crippen LogP contribution in [0.2, 0.25) is 0 Å². The van der Waals surface area contributed by atoms with Crippen molar-refractivity contribution in [1.82, 2.24) is 15.0 Å². The smallest absolute Gasteiger partial charge is 0.259 e. The van der Waals surface area contributed by atoms with Crippen molar-refractivity contribution in [3.05, 3.63) is 69.8 Å². The molecule has 4 aromatic rings. The van der Waals surface area contributed by atoms with Crippen LogP contribution in [0.4, 0.5) is 4.39 Å². The molecule has 1 saturated heterocycles. The van der Waals surface area contributed by atoms with E-state index in [1.807, 2.05) is 16.3 Å². The topological polar surface area (TPSA) is 59.2 Å². The van der Waals surface area contributed by atoms with Crippen LogP contribution in [0.25, 0.3) is 22.4 Å². The number of carbonyl (C=O) groups is 1. The molecule has 1 unspecified atom stereocenters. The molecule has 1 aromatic carbocycles. The Labute approximate surface area is 170 Å². The van der Waals surface area contributed by atoms with Crippen molar-refractivity contribution < 1.29 is 13.7 Å². The summed E-state index contributed by atoms with van der Waals surface area (Å²) in [7, 11) is 0. The summed E-state index contributed by atoms with van der Waals surface area (Å²) in [6.07, 6.45) is 1.88. The number of nitrogens with zero attached hydrogens (tertiary/aromatic N) is 3. The first kappa shape index (κ1) is 18.0. The summed E-state index contributed by atoms with van der Waals surface area (Å²) in [6.45, 7) is 2.47. The van der Waals surface area contributed by atoms with Crippen molar-refractivity contribution in [2.75, 3.05) is 6.54 Å². The fourth-order valence-corrected chi connectivity index (χ4v) is 4.89. The second-order valence-corrected chi connectivity index (χ2v) is 8.13. The molecule has 146 valence electrons. The molecule has 1 atom stereocenters. The first-order chi connectivity index (χ1) is 14.1. The largest absolute Gasteiger partial charge is 0.335 e. The van der Waals surface area contributed by atoms with E-state index in [4.69, 9.17) is 4.52 Å². The SMILES string of the molecule is Cc1noc2nc(-c3ccccc3F)cc(C(=O)N3CCCC3c3cccs3)c12. The Bertz CT molecular complexity index is 1200. The lowest BCUT2D eigenvalue weighted by Gasteiger charge is -2.24. The molecule has 0 spiro atoms. The third-order valence-electron chi connectivity index (χ3n) is 5.38. The van der Waals surface area contributed by atoms with E-state index < -0.39 is 5.82 Å². The summed E-state index contributed by atoms with van der Waals surface area (Å²) < 4.78 is 19.7. The van der Waals surface area contributed by atoms with Gasteiger partial charge in [0.15, 0.2) is 0 Å². The Morgan fingerprint density at radius 2 is 2.14 bits per heavy atom. The van der Waals surface area contributed by atoms with Gasteiger partial charge in [-0.2, -0.15) is 0 Å².